The molecule has 0 atom stereocenters. The maximum Gasteiger partial charge on any atom is 0.0948 e. The topological polar surface area (TPSA) is 29.9 Å². The van der Waals surface area contributed by atoms with Gasteiger partial charge in [-0.2, -0.15) is 0 Å². The van der Waals surface area contributed by atoms with Gasteiger partial charge in [0.05, 0.1) is 12.0 Å². The molecule has 0 spiro atoms. The van der Waals surface area contributed by atoms with Crippen LogP contribution in [0.4, 0.5) is 0 Å². The quantitative estimate of drug-likeness (QED) is 0.530. The van der Waals surface area contributed by atoms with Crippen molar-refractivity contribution < 1.29 is 0 Å². The fourth-order valence-electron chi connectivity index (χ4n) is 1.20. The van der Waals surface area contributed by atoms with E-state index in [1.165, 1.54) is 5.69 Å². The standard InChI is InChI=1S/C10H17N3/c1-3-5-6-11-7-10-8-12-9-13(10)4-2/h3,8-9,11H,1,4-7H2,2H3. The summed E-state index contributed by atoms with van der Waals surface area (Å²) in [6.07, 6.45) is 6.71. The highest BCUT2D eigenvalue weighted by atomic mass is 15.1. The zero-order valence-electron chi connectivity index (χ0n) is 8.16. The Morgan fingerprint density at radius 3 is 3.23 bits per heavy atom. The third-order valence-corrected chi connectivity index (χ3v) is 1.97. The highest BCUT2D eigenvalue weighted by Gasteiger charge is 1.97. The molecule has 0 bridgehead atoms. The van der Waals surface area contributed by atoms with Crippen molar-refractivity contribution in [3.8, 4) is 0 Å². The average Bonchev–Trinajstić information content (AvgIpc) is 2.60. The van der Waals surface area contributed by atoms with Crippen molar-refractivity contribution in [2.75, 3.05) is 6.54 Å². The minimum absolute atomic E-state index is 0.891. The van der Waals surface area contributed by atoms with Crippen LogP contribution in [-0.4, -0.2) is 16.1 Å². The number of hydrogen-bond donors (Lipinski definition) is 1. The number of aryl methyl sites for hydroxylation is 1. The molecule has 3 heteroatoms. The van der Waals surface area contributed by atoms with Gasteiger partial charge in [-0.05, 0) is 19.9 Å². The van der Waals surface area contributed by atoms with Gasteiger partial charge in [-0.15, -0.1) is 6.58 Å². The molecule has 1 heterocycles. The first-order valence-electron chi connectivity index (χ1n) is 4.69. The first-order chi connectivity index (χ1) is 6.38. The van der Waals surface area contributed by atoms with Gasteiger partial charge in [0.1, 0.15) is 0 Å². The zero-order valence-corrected chi connectivity index (χ0v) is 8.16. The van der Waals surface area contributed by atoms with Crippen LogP contribution in [0.1, 0.15) is 19.0 Å². The van der Waals surface area contributed by atoms with E-state index in [-0.39, 0.29) is 0 Å². The van der Waals surface area contributed by atoms with Gasteiger partial charge in [-0.3, -0.25) is 0 Å². The SMILES string of the molecule is C=CCCNCc1cncn1CC. The number of imidazole rings is 1. The van der Waals surface area contributed by atoms with E-state index in [4.69, 9.17) is 0 Å². The lowest BCUT2D eigenvalue weighted by Gasteiger charge is -2.05. The molecule has 0 aromatic carbocycles. The van der Waals surface area contributed by atoms with E-state index in [2.05, 4.69) is 28.4 Å². The van der Waals surface area contributed by atoms with Crippen molar-refractivity contribution in [3.63, 3.8) is 0 Å². The maximum atomic E-state index is 4.09. The Hall–Kier alpha value is -1.09. The molecule has 13 heavy (non-hydrogen) atoms. The van der Waals surface area contributed by atoms with Crippen LogP contribution in [0, 0.1) is 0 Å². The van der Waals surface area contributed by atoms with E-state index in [1.807, 2.05) is 18.6 Å². The van der Waals surface area contributed by atoms with Gasteiger partial charge in [0.15, 0.2) is 0 Å². The number of nitrogens with one attached hydrogen (secondary N) is 1. The van der Waals surface area contributed by atoms with Crippen LogP contribution in [0.2, 0.25) is 0 Å². The van der Waals surface area contributed by atoms with Crippen molar-refractivity contribution in [1.29, 1.82) is 0 Å². The summed E-state index contributed by atoms with van der Waals surface area (Å²) in [7, 11) is 0. The van der Waals surface area contributed by atoms with E-state index in [1.54, 1.807) is 0 Å². The summed E-state index contributed by atoms with van der Waals surface area (Å²) < 4.78 is 2.14. The largest absolute Gasteiger partial charge is 0.334 e. The van der Waals surface area contributed by atoms with E-state index in [9.17, 15) is 0 Å². The fourth-order valence-corrected chi connectivity index (χ4v) is 1.20. The smallest absolute Gasteiger partial charge is 0.0948 e. The second-order valence-electron chi connectivity index (χ2n) is 2.93. The van der Waals surface area contributed by atoms with Gasteiger partial charge >= 0.3 is 0 Å². The van der Waals surface area contributed by atoms with Crippen molar-refractivity contribution >= 4 is 0 Å². The lowest BCUT2D eigenvalue weighted by Crippen LogP contribution is -2.16. The Bertz CT molecular complexity index is 252. The second-order valence-corrected chi connectivity index (χ2v) is 2.93. The normalized spacial score (nSPS) is 10.2. The first-order valence-corrected chi connectivity index (χ1v) is 4.69. The summed E-state index contributed by atoms with van der Waals surface area (Å²) in [5.74, 6) is 0. The predicted molar refractivity (Wildman–Crippen MR) is 54.4 cm³/mol. The average molecular weight is 179 g/mol. The lowest BCUT2D eigenvalue weighted by molar-refractivity contribution is 0.632. The molecule has 1 aromatic rings. The third-order valence-electron chi connectivity index (χ3n) is 1.97. The van der Waals surface area contributed by atoms with Gasteiger partial charge in [0, 0.05) is 19.3 Å². The van der Waals surface area contributed by atoms with Gasteiger partial charge in [-0.25, -0.2) is 4.98 Å². The van der Waals surface area contributed by atoms with Crippen LogP contribution in [0.3, 0.4) is 0 Å². The summed E-state index contributed by atoms with van der Waals surface area (Å²) in [6.45, 7) is 8.65. The molecule has 0 saturated heterocycles. The summed E-state index contributed by atoms with van der Waals surface area (Å²) in [6, 6.07) is 0. The van der Waals surface area contributed by atoms with Gasteiger partial charge in [0.25, 0.3) is 0 Å². The Labute approximate surface area is 79.5 Å². The van der Waals surface area contributed by atoms with E-state index in [0.29, 0.717) is 0 Å². The van der Waals surface area contributed by atoms with Crippen LogP contribution >= 0.6 is 0 Å². The molecule has 1 N–H and O–H groups in total. The van der Waals surface area contributed by atoms with E-state index < -0.39 is 0 Å². The Kier molecular flexibility index (Phi) is 4.26. The molecule has 0 saturated carbocycles. The van der Waals surface area contributed by atoms with Crippen LogP contribution in [0.25, 0.3) is 0 Å². The molecule has 0 aliphatic carbocycles. The molecule has 0 radical (unpaired) electrons. The van der Waals surface area contributed by atoms with Crippen molar-refractivity contribution in [3.05, 3.63) is 30.9 Å². The first kappa shape index (κ1) is 9.99. The van der Waals surface area contributed by atoms with Gasteiger partial charge < -0.3 is 9.88 Å². The summed E-state index contributed by atoms with van der Waals surface area (Å²) in [4.78, 5) is 4.09. The highest BCUT2D eigenvalue weighted by molar-refractivity contribution is 4.97. The molecule has 0 amide bonds. The molecule has 0 aliphatic heterocycles. The minimum Gasteiger partial charge on any atom is -0.334 e. The van der Waals surface area contributed by atoms with E-state index in [0.717, 1.165) is 26.1 Å². The van der Waals surface area contributed by atoms with Crippen molar-refractivity contribution in [2.45, 2.75) is 26.4 Å². The van der Waals surface area contributed by atoms with Crippen LogP contribution in [-0.2, 0) is 13.1 Å². The molecule has 1 aromatic heterocycles. The second kappa shape index (κ2) is 5.54. The fraction of sp³-hybridized carbons (Fsp3) is 0.500. The Morgan fingerprint density at radius 2 is 2.54 bits per heavy atom. The number of rotatable bonds is 6. The summed E-state index contributed by atoms with van der Waals surface area (Å²) >= 11 is 0. The molecule has 1 rings (SSSR count). The summed E-state index contributed by atoms with van der Waals surface area (Å²) in [5.41, 5.74) is 1.24. The molecule has 3 nitrogen and oxygen atoms in total. The third kappa shape index (κ3) is 3.03. The predicted octanol–water partition coefficient (Wildman–Crippen LogP) is 1.57. The highest BCUT2D eigenvalue weighted by Crippen LogP contribution is 1.97. The molecule has 0 aliphatic rings. The monoisotopic (exact) mass is 179 g/mol. The molecule has 0 fully saturated rings. The van der Waals surface area contributed by atoms with Crippen LogP contribution in [0.5, 0.6) is 0 Å². The van der Waals surface area contributed by atoms with Crippen LogP contribution in [0.15, 0.2) is 25.2 Å². The number of nitrogens with zero attached hydrogens (tertiary/aromatic N) is 2. The van der Waals surface area contributed by atoms with Gasteiger partial charge in [-0.1, -0.05) is 6.08 Å². The van der Waals surface area contributed by atoms with E-state index >= 15 is 0 Å². The number of hydrogen-bond acceptors (Lipinski definition) is 2. The maximum absolute atomic E-state index is 4.09. The zero-order chi connectivity index (χ0) is 9.52. The molecular formula is C10H17N3. The Balaban J connectivity index is 2.31. The molecular weight excluding hydrogens is 162 g/mol. The Morgan fingerprint density at radius 1 is 1.69 bits per heavy atom. The molecule has 72 valence electrons. The van der Waals surface area contributed by atoms with Gasteiger partial charge in [0.2, 0.25) is 0 Å². The minimum atomic E-state index is 0.891. The summed E-state index contributed by atoms with van der Waals surface area (Å²) in [5, 5.41) is 3.33. The molecule has 0 unspecified atom stereocenters. The van der Waals surface area contributed by atoms with Crippen molar-refractivity contribution in [1.82, 2.24) is 14.9 Å². The van der Waals surface area contributed by atoms with Crippen LogP contribution < -0.4 is 5.32 Å². The lowest BCUT2D eigenvalue weighted by atomic mass is 10.4. The van der Waals surface area contributed by atoms with Crippen molar-refractivity contribution in [2.24, 2.45) is 0 Å². The number of aromatic nitrogens is 2.